The van der Waals surface area contributed by atoms with E-state index in [-0.39, 0.29) is 17.2 Å². The van der Waals surface area contributed by atoms with Crippen LogP contribution in [0.4, 0.5) is 5.69 Å². The van der Waals surface area contributed by atoms with E-state index in [0.717, 1.165) is 0 Å². The predicted octanol–water partition coefficient (Wildman–Crippen LogP) is 1.07. The van der Waals surface area contributed by atoms with Gasteiger partial charge in [0.25, 0.3) is 5.91 Å². The van der Waals surface area contributed by atoms with Crippen molar-refractivity contribution in [2.45, 2.75) is 26.3 Å². The smallest absolute Gasteiger partial charge is 0.326 e. The molecule has 0 aliphatic carbocycles. The number of aliphatic carboxylic acids is 1. The molecule has 1 unspecified atom stereocenters. The summed E-state index contributed by atoms with van der Waals surface area (Å²) in [6, 6.07) is 5.21. The molecule has 1 aliphatic heterocycles. The maximum absolute atomic E-state index is 12.3. The highest BCUT2D eigenvalue weighted by atomic mass is 32.2. The van der Waals surface area contributed by atoms with Gasteiger partial charge in [0, 0.05) is 12.1 Å². The summed E-state index contributed by atoms with van der Waals surface area (Å²) in [6.45, 7) is 3.79. The van der Waals surface area contributed by atoms with Crippen molar-refractivity contribution in [3.05, 3.63) is 29.8 Å². The summed E-state index contributed by atoms with van der Waals surface area (Å²) in [5.74, 6) is -1.81. The molecule has 1 aromatic carbocycles. The van der Waals surface area contributed by atoms with Crippen LogP contribution >= 0.6 is 0 Å². The molecule has 7 nitrogen and oxygen atoms in total. The molecule has 0 spiro atoms. The molecule has 2 rings (SSSR count). The third-order valence-corrected chi connectivity index (χ3v) is 5.58. The van der Waals surface area contributed by atoms with E-state index >= 15 is 0 Å². The van der Waals surface area contributed by atoms with Crippen molar-refractivity contribution in [2.24, 2.45) is 5.92 Å². The zero-order valence-electron chi connectivity index (χ0n) is 13.0. The number of nitrogens with zero attached hydrogens (tertiary/aromatic N) is 1. The lowest BCUT2D eigenvalue weighted by molar-refractivity contribution is -0.140. The minimum atomic E-state index is -3.33. The fraction of sp³-hybridized carbons (Fsp3) is 0.467. The first kappa shape index (κ1) is 17.3. The SMILES string of the molecule is CC(C)C(NC(=O)c1cccc(N2CCCS2(=O)=O)c1)C(=O)O. The van der Waals surface area contributed by atoms with Crippen molar-refractivity contribution in [1.82, 2.24) is 5.32 Å². The molecule has 8 heteroatoms. The topological polar surface area (TPSA) is 104 Å². The Morgan fingerprint density at radius 1 is 1.30 bits per heavy atom. The minimum Gasteiger partial charge on any atom is -0.480 e. The van der Waals surface area contributed by atoms with Gasteiger partial charge < -0.3 is 10.4 Å². The quantitative estimate of drug-likeness (QED) is 0.834. The maximum Gasteiger partial charge on any atom is 0.326 e. The van der Waals surface area contributed by atoms with Gasteiger partial charge in [-0.25, -0.2) is 13.2 Å². The fourth-order valence-electron chi connectivity index (χ4n) is 2.47. The van der Waals surface area contributed by atoms with Crippen molar-refractivity contribution < 1.29 is 23.1 Å². The van der Waals surface area contributed by atoms with Crippen LogP contribution < -0.4 is 9.62 Å². The Kier molecular flexibility index (Phi) is 4.93. The number of benzene rings is 1. The minimum absolute atomic E-state index is 0.0951. The number of carboxylic acid groups (broad SMARTS) is 1. The third-order valence-electron chi connectivity index (χ3n) is 3.71. The van der Waals surface area contributed by atoms with Gasteiger partial charge in [-0.2, -0.15) is 0 Å². The molecule has 1 heterocycles. The molecule has 0 saturated carbocycles. The largest absolute Gasteiger partial charge is 0.480 e. The molecule has 23 heavy (non-hydrogen) atoms. The lowest BCUT2D eigenvalue weighted by Crippen LogP contribution is -2.44. The highest BCUT2D eigenvalue weighted by Gasteiger charge is 2.29. The zero-order chi connectivity index (χ0) is 17.2. The van der Waals surface area contributed by atoms with Crippen LogP contribution in [-0.2, 0) is 14.8 Å². The van der Waals surface area contributed by atoms with E-state index in [1.165, 1.54) is 16.4 Å². The number of carboxylic acids is 1. The van der Waals surface area contributed by atoms with Gasteiger partial charge in [-0.05, 0) is 30.5 Å². The number of carbonyl (C=O) groups excluding carboxylic acids is 1. The molecule has 1 saturated heterocycles. The number of sulfonamides is 1. The second kappa shape index (κ2) is 6.57. The van der Waals surface area contributed by atoms with E-state index in [1.54, 1.807) is 26.0 Å². The average Bonchev–Trinajstić information content (AvgIpc) is 2.83. The summed E-state index contributed by atoms with van der Waals surface area (Å²) in [4.78, 5) is 23.4. The van der Waals surface area contributed by atoms with Crippen LogP contribution in [0.25, 0.3) is 0 Å². The fourth-order valence-corrected chi connectivity index (χ4v) is 4.03. The summed E-state index contributed by atoms with van der Waals surface area (Å²) in [5, 5.41) is 11.6. The van der Waals surface area contributed by atoms with Gasteiger partial charge in [0.15, 0.2) is 0 Å². The first-order valence-electron chi connectivity index (χ1n) is 7.36. The first-order valence-corrected chi connectivity index (χ1v) is 8.97. The van der Waals surface area contributed by atoms with Gasteiger partial charge >= 0.3 is 5.97 Å². The Hall–Kier alpha value is -2.09. The van der Waals surface area contributed by atoms with Crippen LogP contribution in [0.5, 0.6) is 0 Å². The van der Waals surface area contributed by atoms with E-state index in [4.69, 9.17) is 5.11 Å². The van der Waals surface area contributed by atoms with E-state index in [9.17, 15) is 18.0 Å². The highest BCUT2D eigenvalue weighted by Crippen LogP contribution is 2.24. The van der Waals surface area contributed by atoms with Crippen molar-refractivity contribution in [3.8, 4) is 0 Å². The summed E-state index contributed by atoms with van der Waals surface area (Å²) in [6.07, 6.45) is 0.549. The van der Waals surface area contributed by atoms with E-state index < -0.39 is 27.9 Å². The number of hydrogen-bond acceptors (Lipinski definition) is 4. The summed E-state index contributed by atoms with van der Waals surface area (Å²) < 4.78 is 25.2. The number of anilines is 1. The Morgan fingerprint density at radius 3 is 2.52 bits per heavy atom. The molecule has 2 N–H and O–H groups in total. The molecule has 1 aromatic rings. The van der Waals surface area contributed by atoms with Crippen LogP contribution in [0.1, 0.15) is 30.6 Å². The molecule has 0 bridgehead atoms. The second-order valence-electron chi connectivity index (χ2n) is 5.83. The molecule has 0 radical (unpaired) electrons. The lowest BCUT2D eigenvalue weighted by Gasteiger charge is -2.20. The van der Waals surface area contributed by atoms with Gasteiger partial charge in [0.2, 0.25) is 10.0 Å². The number of rotatable bonds is 5. The summed E-state index contributed by atoms with van der Waals surface area (Å²) in [7, 11) is -3.33. The molecular formula is C15H20N2O5S. The molecule has 126 valence electrons. The molecule has 0 aromatic heterocycles. The number of nitrogens with one attached hydrogen (secondary N) is 1. The van der Waals surface area contributed by atoms with Gasteiger partial charge in [-0.1, -0.05) is 19.9 Å². The van der Waals surface area contributed by atoms with Gasteiger partial charge in [0.05, 0.1) is 11.4 Å². The van der Waals surface area contributed by atoms with E-state index in [0.29, 0.717) is 18.7 Å². The first-order chi connectivity index (χ1) is 10.7. The molecular weight excluding hydrogens is 320 g/mol. The standard InChI is InChI=1S/C15H20N2O5S/c1-10(2)13(15(19)20)16-14(18)11-5-3-6-12(9-11)17-7-4-8-23(17,21)22/h3,5-6,9-10,13H,4,7-8H2,1-2H3,(H,16,18)(H,19,20). The van der Waals surface area contributed by atoms with Crippen LogP contribution in [-0.4, -0.2) is 43.7 Å². The highest BCUT2D eigenvalue weighted by molar-refractivity contribution is 7.93. The predicted molar refractivity (Wildman–Crippen MR) is 85.9 cm³/mol. The molecule has 1 amide bonds. The zero-order valence-corrected chi connectivity index (χ0v) is 13.8. The van der Waals surface area contributed by atoms with Crippen LogP contribution in [0.15, 0.2) is 24.3 Å². The van der Waals surface area contributed by atoms with Crippen molar-refractivity contribution in [2.75, 3.05) is 16.6 Å². The summed E-state index contributed by atoms with van der Waals surface area (Å²) >= 11 is 0. The van der Waals surface area contributed by atoms with Crippen LogP contribution in [0.2, 0.25) is 0 Å². The number of carbonyl (C=O) groups is 2. The Balaban J connectivity index is 2.23. The normalized spacial score (nSPS) is 18.0. The van der Waals surface area contributed by atoms with Crippen molar-refractivity contribution in [1.29, 1.82) is 0 Å². The Morgan fingerprint density at radius 2 is 2.00 bits per heavy atom. The van der Waals surface area contributed by atoms with E-state index in [2.05, 4.69) is 5.32 Å². The van der Waals surface area contributed by atoms with Crippen LogP contribution in [0.3, 0.4) is 0 Å². The van der Waals surface area contributed by atoms with Crippen molar-refractivity contribution in [3.63, 3.8) is 0 Å². The van der Waals surface area contributed by atoms with Gasteiger partial charge in [-0.15, -0.1) is 0 Å². The number of amides is 1. The van der Waals surface area contributed by atoms with Crippen LogP contribution in [0, 0.1) is 5.92 Å². The Bertz CT molecular complexity index is 714. The second-order valence-corrected chi connectivity index (χ2v) is 7.84. The van der Waals surface area contributed by atoms with Crippen molar-refractivity contribution >= 4 is 27.6 Å². The molecule has 1 atom stereocenters. The Labute approximate surface area is 135 Å². The summed E-state index contributed by atoms with van der Waals surface area (Å²) in [5.41, 5.74) is 0.656. The average molecular weight is 340 g/mol. The molecule has 1 fully saturated rings. The van der Waals surface area contributed by atoms with E-state index in [1.807, 2.05) is 0 Å². The third kappa shape index (κ3) is 3.82. The maximum atomic E-state index is 12.3. The van der Waals surface area contributed by atoms with Gasteiger partial charge in [-0.3, -0.25) is 9.10 Å². The number of hydrogen-bond donors (Lipinski definition) is 2. The monoisotopic (exact) mass is 340 g/mol. The van der Waals surface area contributed by atoms with Gasteiger partial charge in [0.1, 0.15) is 6.04 Å². The lowest BCUT2D eigenvalue weighted by atomic mass is 10.0. The molecule has 1 aliphatic rings.